The summed E-state index contributed by atoms with van der Waals surface area (Å²) in [4.78, 5) is 0. The average molecular weight is 267 g/mol. The second kappa shape index (κ2) is 7.08. The predicted molar refractivity (Wildman–Crippen MR) is 74.1 cm³/mol. The summed E-state index contributed by atoms with van der Waals surface area (Å²) in [5, 5.41) is 3.37. The Hall–Kier alpha value is -0.840. The van der Waals surface area contributed by atoms with Gasteiger partial charge in [0, 0.05) is 19.3 Å². The Labute approximate surface area is 115 Å². The maximum absolute atomic E-state index is 5.87. The molecule has 0 spiro atoms. The Morgan fingerprint density at radius 2 is 2.11 bits per heavy atom. The lowest BCUT2D eigenvalue weighted by Crippen LogP contribution is -2.23. The van der Waals surface area contributed by atoms with Gasteiger partial charge in [0.25, 0.3) is 0 Å². The fraction of sp³-hybridized carbons (Fsp3) is 0.733. The molecule has 0 bridgehead atoms. The molecule has 1 saturated heterocycles. The lowest BCUT2D eigenvalue weighted by Gasteiger charge is -2.21. The molecule has 2 rings (SSSR count). The van der Waals surface area contributed by atoms with Gasteiger partial charge in [-0.15, -0.1) is 0 Å². The van der Waals surface area contributed by atoms with Crippen LogP contribution >= 0.6 is 0 Å². The van der Waals surface area contributed by atoms with Crippen LogP contribution in [-0.4, -0.2) is 25.4 Å². The van der Waals surface area contributed by atoms with Crippen LogP contribution in [0.2, 0.25) is 0 Å². The first-order valence-electron chi connectivity index (χ1n) is 7.16. The van der Waals surface area contributed by atoms with Crippen molar-refractivity contribution in [2.24, 2.45) is 0 Å². The van der Waals surface area contributed by atoms with E-state index in [1.807, 2.05) is 0 Å². The van der Waals surface area contributed by atoms with Crippen LogP contribution in [0.4, 0.5) is 0 Å². The van der Waals surface area contributed by atoms with Crippen molar-refractivity contribution in [1.82, 2.24) is 5.32 Å². The number of aryl methyl sites for hydroxylation is 1. The number of rotatable bonds is 6. The van der Waals surface area contributed by atoms with Gasteiger partial charge in [-0.3, -0.25) is 0 Å². The van der Waals surface area contributed by atoms with Crippen molar-refractivity contribution in [2.75, 3.05) is 13.2 Å². The van der Waals surface area contributed by atoms with Gasteiger partial charge in [-0.2, -0.15) is 0 Å². The molecule has 1 aromatic rings. The fourth-order valence-electron chi connectivity index (χ4n) is 2.18. The maximum Gasteiger partial charge on any atom is 0.130 e. The second-order valence-electron chi connectivity index (χ2n) is 5.48. The van der Waals surface area contributed by atoms with E-state index < -0.39 is 0 Å². The van der Waals surface area contributed by atoms with Crippen LogP contribution in [0, 0.1) is 6.92 Å². The van der Waals surface area contributed by atoms with E-state index in [9.17, 15) is 0 Å². The molecule has 19 heavy (non-hydrogen) atoms. The van der Waals surface area contributed by atoms with Crippen molar-refractivity contribution in [1.29, 1.82) is 0 Å². The predicted octanol–water partition coefficient (Wildman–Crippen LogP) is 2.78. The highest BCUT2D eigenvalue weighted by molar-refractivity contribution is 5.19. The minimum Gasteiger partial charge on any atom is -0.462 e. The highest BCUT2D eigenvalue weighted by Crippen LogP contribution is 2.18. The summed E-state index contributed by atoms with van der Waals surface area (Å²) < 4.78 is 17.0. The lowest BCUT2D eigenvalue weighted by molar-refractivity contribution is -0.0435. The molecule has 1 N–H and O–H groups in total. The van der Waals surface area contributed by atoms with Crippen LogP contribution in [0.25, 0.3) is 0 Å². The van der Waals surface area contributed by atoms with Gasteiger partial charge in [0.1, 0.15) is 18.1 Å². The zero-order valence-electron chi connectivity index (χ0n) is 12.2. The minimum absolute atomic E-state index is 0.316. The molecule has 2 heterocycles. The van der Waals surface area contributed by atoms with E-state index in [2.05, 4.69) is 32.2 Å². The van der Waals surface area contributed by atoms with Gasteiger partial charge in [-0.1, -0.05) is 13.8 Å². The molecule has 0 radical (unpaired) electrons. The van der Waals surface area contributed by atoms with Crippen LogP contribution in [0.3, 0.4) is 0 Å². The molecule has 1 aromatic heterocycles. The molecule has 108 valence electrons. The lowest BCUT2D eigenvalue weighted by atomic mass is 10.1. The van der Waals surface area contributed by atoms with Gasteiger partial charge in [0.2, 0.25) is 0 Å². The van der Waals surface area contributed by atoms with E-state index in [1.54, 1.807) is 0 Å². The van der Waals surface area contributed by atoms with E-state index in [0.717, 1.165) is 44.1 Å². The van der Waals surface area contributed by atoms with Crippen LogP contribution in [0.15, 0.2) is 10.5 Å². The molecule has 4 nitrogen and oxygen atoms in total. The summed E-state index contributed by atoms with van der Waals surface area (Å²) in [5.41, 5.74) is 1.19. The van der Waals surface area contributed by atoms with Crippen molar-refractivity contribution in [3.05, 3.63) is 23.2 Å². The summed E-state index contributed by atoms with van der Waals surface area (Å²) in [5.74, 6) is 1.93. The quantitative estimate of drug-likeness (QED) is 0.860. The van der Waals surface area contributed by atoms with E-state index in [-0.39, 0.29) is 0 Å². The van der Waals surface area contributed by atoms with Crippen LogP contribution in [-0.2, 0) is 22.6 Å². The topological polar surface area (TPSA) is 43.6 Å². The van der Waals surface area contributed by atoms with Crippen LogP contribution in [0.1, 0.15) is 43.8 Å². The molecule has 0 saturated carbocycles. The van der Waals surface area contributed by atoms with E-state index in [4.69, 9.17) is 13.9 Å². The van der Waals surface area contributed by atoms with E-state index in [1.165, 1.54) is 5.56 Å². The summed E-state index contributed by atoms with van der Waals surface area (Å²) in [7, 11) is 0. The molecule has 0 amide bonds. The third-order valence-corrected chi connectivity index (χ3v) is 3.37. The molecule has 4 heteroatoms. The molecular formula is C15H25NO3. The van der Waals surface area contributed by atoms with Crippen molar-refractivity contribution in [3.8, 4) is 0 Å². The molecule has 1 aliphatic rings. The second-order valence-corrected chi connectivity index (χ2v) is 5.48. The largest absolute Gasteiger partial charge is 0.462 e. The molecule has 1 fully saturated rings. The van der Waals surface area contributed by atoms with E-state index >= 15 is 0 Å². The third-order valence-electron chi connectivity index (χ3n) is 3.37. The van der Waals surface area contributed by atoms with Crippen molar-refractivity contribution >= 4 is 0 Å². The molecular weight excluding hydrogens is 242 g/mol. The third kappa shape index (κ3) is 4.64. The highest BCUT2D eigenvalue weighted by atomic mass is 16.5. The van der Waals surface area contributed by atoms with Gasteiger partial charge < -0.3 is 19.2 Å². The maximum atomic E-state index is 5.87. The average Bonchev–Trinajstić information content (AvgIpc) is 2.76. The SMILES string of the molecule is Cc1cc(COC2CCOCC2)oc1CNC(C)C. The number of hydrogen-bond acceptors (Lipinski definition) is 4. The Kier molecular flexibility index (Phi) is 5.43. The standard InChI is InChI=1S/C15H25NO3/c1-11(2)16-9-15-12(3)8-14(19-15)10-18-13-4-6-17-7-5-13/h8,11,13,16H,4-7,9-10H2,1-3H3. The summed E-state index contributed by atoms with van der Waals surface area (Å²) in [6.45, 7) is 9.31. The molecule has 1 aliphatic heterocycles. The van der Waals surface area contributed by atoms with Gasteiger partial charge >= 0.3 is 0 Å². The normalized spacial score (nSPS) is 17.3. The first-order valence-corrected chi connectivity index (χ1v) is 7.16. The Bertz CT molecular complexity index is 381. The van der Waals surface area contributed by atoms with Crippen LogP contribution in [0.5, 0.6) is 0 Å². The summed E-state index contributed by atoms with van der Waals surface area (Å²) >= 11 is 0. The number of ether oxygens (including phenoxy) is 2. The Morgan fingerprint density at radius 1 is 1.37 bits per heavy atom. The minimum atomic E-state index is 0.316. The monoisotopic (exact) mass is 267 g/mol. The Morgan fingerprint density at radius 3 is 2.79 bits per heavy atom. The van der Waals surface area contributed by atoms with Gasteiger partial charge in [0.05, 0.1) is 12.6 Å². The Balaban J connectivity index is 1.81. The molecule has 0 aromatic carbocycles. The molecule has 0 aliphatic carbocycles. The van der Waals surface area contributed by atoms with Crippen molar-refractivity contribution in [3.63, 3.8) is 0 Å². The number of hydrogen-bond donors (Lipinski definition) is 1. The molecule has 0 unspecified atom stereocenters. The highest BCUT2D eigenvalue weighted by Gasteiger charge is 2.15. The zero-order valence-corrected chi connectivity index (χ0v) is 12.2. The summed E-state index contributed by atoms with van der Waals surface area (Å²) in [6.07, 6.45) is 2.29. The number of nitrogens with one attached hydrogen (secondary N) is 1. The smallest absolute Gasteiger partial charge is 0.130 e. The van der Waals surface area contributed by atoms with Crippen molar-refractivity contribution in [2.45, 2.75) is 58.9 Å². The van der Waals surface area contributed by atoms with Gasteiger partial charge in [-0.05, 0) is 31.4 Å². The zero-order chi connectivity index (χ0) is 13.7. The van der Waals surface area contributed by atoms with Gasteiger partial charge in [0.15, 0.2) is 0 Å². The molecule has 0 atom stereocenters. The van der Waals surface area contributed by atoms with E-state index in [0.29, 0.717) is 18.8 Å². The fourth-order valence-corrected chi connectivity index (χ4v) is 2.18. The number of furan rings is 1. The summed E-state index contributed by atoms with van der Waals surface area (Å²) in [6, 6.07) is 2.54. The van der Waals surface area contributed by atoms with Crippen molar-refractivity contribution < 1.29 is 13.9 Å². The van der Waals surface area contributed by atoms with Gasteiger partial charge in [-0.25, -0.2) is 0 Å². The first-order chi connectivity index (χ1) is 9.15. The first kappa shape index (κ1) is 14.6. The van der Waals surface area contributed by atoms with Crippen LogP contribution < -0.4 is 5.32 Å².